The second kappa shape index (κ2) is 10.4. The lowest BCUT2D eigenvalue weighted by molar-refractivity contribution is 0.461. The molecule has 0 saturated carbocycles. The van der Waals surface area contributed by atoms with Crippen molar-refractivity contribution in [2.24, 2.45) is 12.0 Å². The minimum absolute atomic E-state index is 0. The molecule has 3 aromatic rings. The van der Waals surface area contributed by atoms with E-state index in [1.165, 1.54) is 15.4 Å². The van der Waals surface area contributed by atoms with Crippen molar-refractivity contribution < 1.29 is 0 Å². The Morgan fingerprint density at radius 2 is 2.15 bits per heavy atom. The number of hydrogen-bond acceptors (Lipinski definition) is 3. The van der Waals surface area contributed by atoms with Gasteiger partial charge in [0.05, 0.1) is 21.8 Å². The summed E-state index contributed by atoms with van der Waals surface area (Å²) in [6.45, 7) is 1.68. The third kappa shape index (κ3) is 5.92. The van der Waals surface area contributed by atoms with Crippen LogP contribution in [0.2, 0.25) is 0 Å². The van der Waals surface area contributed by atoms with Gasteiger partial charge in [-0.2, -0.15) is 0 Å². The summed E-state index contributed by atoms with van der Waals surface area (Å²) in [6.07, 6.45) is 4.08. The molecule has 0 bridgehead atoms. The van der Waals surface area contributed by atoms with E-state index < -0.39 is 0 Å². The summed E-state index contributed by atoms with van der Waals surface area (Å²) in [5, 5.41) is 4.65. The number of benzene rings is 1. The fourth-order valence-electron chi connectivity index (χ4n) is 2.89. The van der Waals surface area contributed by atoms with Crippen LogP contribution in [0.3, 0.4) is 0 Å². The Kier molecular flexibility index (Phi) is 8.56. The van der Waals surface area contributed by atoms with Crippen molar-refractivity contribution in [3.8, 4) is 0 Å². The van der Waals surface area contributed by atoms with Crippen LogP contribution in [0.15, 0.2) is 46.0 Å². The van der Waals surface area contributed by atoms with E-state index in [0.29, 0.717) is 0 Å². The number of fused-ring (bicyclic) bond motifs is 1. The SMILES string of the molecule is CN=C(NCCCc1nc2ccccc2s1)N(C)Cc1cc(Br)cn1C.I. The molecule has 146 valence electrons. The monoisotopic (exact) mass is 561 g/mol. The normalized spacial score (nSPS) is 11.5. The van der Waals surface area contributed by atoms with Crippen LogP contribution in [0.4, 0.5) is 0 Å². The lowest BCUT2D eigenvalue weighted by Gasteiger charge is -2.22. The Morgan fingerprint density at radius 1 is 1.37 bits per heavy atom. The fourth-order valence-corrected chi connectivity index (χ4v) is 4.47. The number of halogens is 2. The topological polar surface area (TPSA) is 45.5 Å². The Hall–Kier alpha value is -1.13. The molecule has 0 amide bonds. The number of nitrogens with zero attached hydrogens (tertiary/aromatic N) is 4. The van der Waals surface area contributed by atoms with Gasteiger partial charge in [0.25, 0.3) is 0 Å². The van der Waals surface area contributed by atoms with Crippen LogP contribution in [-0.2, 0) is 20.0 Å². The average molecular weight is 562 g/mol. The zero-order valence-corrected chi connectivity index (χ0v) is 20.5. The fraction of sp³-hybridized carbons (Fsp3) is 0.368. The molecule has 0 spiro atoms. The van der Waals surface area contributed by atoms with Gasteiger partial charge in [-0.15, -0.1) is 35.3 Å². The number of aryl methyl sites for hydroxylation is 2. The number of aromatic nitrogens is 2. The second-order valence-electron chi connectivity index (χ2n) is 6.27. The first kappa shape index (κ1) is 22.2. The first-order valence-corrected chi connectivity index (χ1v) is 10.2. The van der Waals surface area contributed by atoms with Gasteiger partial charge in [-0.1, -0.05) is 12.1 Å². The number of guanidine groups is 1. The van der Waals surface area contributed by atoms with Crippen LogP contribution in [-0.4, -0.2) is 41.1 Å². The minimum Gasteiger partial charge on any atom is -0.356 e. The summed E-state index contributed by atoms with van der Waals surface area (Å²) in [5.74, 6) is 0.909. The van der Waals surface area contributed by atoms with Gasteiger partial charge in [0.1, 0.15) is 0 Å². The maximum Gasteiger partial charge on any atom is 0.193 e. The van der Waals surface area contributed by atoms with Crippen LogP contribution in [0.1, 0.15) is 17.1 Å². The predicted molar refractivity (Wildman–Crippen MR) is 129 cm³/mol. The molecule has 0 aliphatic rings. The molecule has 0 atom stereocenters. The maximum absolute atomic E-state index is 4.70. The minimum atomic E-state index is 0. The Balaban J connectivity index is 0.00000261. The number of para-hydroxylation sites is 1. The van der Waals surface area contributed by atoms with Crippen LogP contribution >= 0.6 is 51.2 Å². The van der Waals surface area contributed by atoms with Crippen LogP contribution < -0.4 is 5.32 Å². The maximum atomic E-state index is 4.70. The molecular weight excluding hydrogens is 537 g/mol. The summed E-state index contributed by atoms with van der Waals surface area (Å²) < 4.78 is 4.49. The molecule has 8 heteroatoms. The molecule has 1 N–H and O–H groups in total. The summed E-state index contributed by atoms with van der Waals surface area (Å²) in [4.78, 5) is 11.2. The van der Waals surface area contributed by atoms with E-state index in [1.807, 2.05) is 13.1 Å². The standard InChI is InChI=1S/C19H24BrN5S.HI/c1-21-19(25(3)13-15-11-14(20)12-24(15)2)22-10-6-9-18-23-16-7-4-5-8-17(16)26-18;/h4-5,7-8,11-12H,6,9-10,13H2,1-3H3,(H,21,22);1H. The molecular formula is C19H25BrIN5S. The van der Waals surface area contributed by atoms with Gasteiger partial charge >= 0.3 is 0 Å². The third-order valence-electron chi connectivity index (χ3n) is 4.24. The highest BCUT2D eigenvalue weighted by atomic mass is 127. The number of aliphatic imine (C=N–C) groups is 1. The third-order valence-corrected chi connectivity index (χ3v) is 5.77. The first-order valence-electron chi connectivity index (χ1n) is 8.64. The van der Waals surface area contributed by atoms with Crippen molar-refractivity contribution in [1.29, 1.82) is 0 Å². The average Bonchev–Trinajstić information content (AvgIpc) is 3.17. The van der Waals surface area contributed by atoms with E-state index in [-0.39, 0.29) is 24.0 Å². The number of hydrogen-bond donors (Lipinski definition) is 1. The highest BCUT2D eigenvalue weighted by Gasteiger charge is 2.10. The van der Waals surface area contributed by atoms with Gasteiger partial charge in [0.15, 0.2) is 5.96 Å². The Bertz CT molecular complexity index is 872. The van der Waals surface area contributed by atoms with Crippen LogP contribution in [0, 0.1) is 0 Å². The van der Waals surface area contributed by atoms with Crippen molar-refractivity contribution in [1.82, 2.24) is 19.8 Å². The lowest BCUT2D eigenvalue weighted by Crippen LogP contribution is -2.39. The van der Waals surface area contributed by atoms with Gasteiger partial charge < -0.3 is 14.8 Å². The van der Waals surface area contributed by atoms with E-state index in [2.05, 4.69) is 80.3 Å². The van der Waals surface area contributed by atoms with Crippen LogP contribution in [0.25, 0.3) is 10.2 Å². The van der Waals surface area contributed by atoms with E-state index >= 15 is 0 Å². The van der Waals surface area contributed by atoms with Gasteiger partial charge in [-0.25, -0.2) is 4.98 Å². The van der Waals surface area contributed by atoms with Crippen molar-refractivity contribution in [3.05, 3.63) is 51.7 Å². The van der Waals surface area contributed by atoms with Gasteiger partial charge in [-0.05, 0) is 40.5 Å². The van der Waals surface area contributed by atoms with Crippen molar-refractivity contribution >= 4 is 67.4 Å². The molecule has 0 radical (unpaired) electrons. The highest BCUT2D eigenvalue weighted by Crippen LogP contribution is 2.22. The molecule has 0 unspecified atom stereocenters. The van der Waals surface area contributed by atoms with E-state index in [9.17, 15) is 0 Å². The number of rotatable bonds is 6. The summed E-state index contributed by atoms with van der Waals surface area (Å²) in [5.41, 5.74) is 2.33. The van der Waals surface area contributed by atoms with E-state index in [1.54, 1.807) is 11.3 Å². The smallest absolute Gasteiger partial charge is 0.193 e. The first-order chi connectivity index (χ1) is 12.6. The molecule has 5 nitrogen and oxygen atoms in total. The van der Waals surface area contributed by atoms with Crippen LogP contribution in [0.5, 0.6) is 0 Å². The molecule has 1 aromatic carbocycles. The van der Waals surface area contributed by atoms with Gasteiger partial charge in [-0.3, -0.25) is 4.99 Å². The zero-order valence-electron chi connectivity index (χ0n) is 15.8. The highest BCUT2D eigenvalue weighted by molar-refractivity contribution is 14.0. The van der Waals surface area contributed by atoms with E-state index in [4.69, 9.17) is 4.98 Å². The molecule has 0 fully saturated rings. The lowest BCUT2D eigenvalue weighted by atomic mass is 10.3. The predicted octanol–water partition coefficient (Wildman–Crippen LogP) is 4.66. The number of nitrogens with one attached hydrogen (secondary N) is 1. The van der Waals surface area contributed by atoms with Crippen molar-refractivity contribution in [2.75, 3.05) is 20.6 Å². The molecule has 0 saturated heterocycles. The molecule has 2 heterocycles. The van der Waals surface area contributed by atoms with Gasteiger partial charge in [0, 0.05) is 50.5 Å². The molecule has 0 aliphatic heterocycles. The zero-order chi connectivity index (χ0) is 18.5. The Morgan fingerprint density at radius 3 is 2.81 bits per heavy atom. The van der Waals surface area contributed by atoms with Crippen molar-refractivity contribution in [2.45, 2.75) is 19.4 Å². The number of thiazole rings is 1. The Labute approximate surface area is 190 Å². The van der Waals surface area contributed by atoms with Crippen molar-refractivity contribution in [3.63, 3.8) is 0 Å². The molecule has 27 heavy (non-hydrogen) atoms. The molecule has 3 rings (SSSR count). The second-order valence-corrected chi connectivity index (χ2v) is 8.30. The van der Waals surface area contributed by atoms with E-state index in [0.717, 1.165) is 41.9 Å². The van der Waals surface area contributed by atoms with Gasteiger partial charge in [0.2, 0.25) is 0 Å². The summed E-state index contributed by atoms with van der Waals surface area (Å²) >= 11 is 5.31. The largest absolute Gasteiger partial charge is 0.356 e. The summed E-state index contributed by atoms with van der Waals surface area (Å²) in [6, 6.07) is 10.5. The summed E-state index contributed by atoms with van der Waals surface area (Å²) in [7, 11) is 5.94. The molecule has 0 aliphatic carbocycles. The molecule has 2 aromatic heterocycles. The quantitative estimate of drug-likeness (QED) is 0.206.